The molecule has 0 spiro atoms. The predicted octanol–water partition coefficient (Wildman–Crippen LogP) is 4.09. The first-order chi connectivity index (χ1) is 7.50. The van der Waals surface area contributed by atoms with Crippen LogP contribution in [0.2, 0.25) is 4.34 Å². The van der Waals surface area contributed by atoms with E-state index in [9.17, 15) is 4.79 Å². The summed E-state index contributed by atoms with van der Waals surface area (Å²) < 4.78 is 0.642. The molecular weight excluding hydrogens is 310 g/mol. The van der Waals surface area contributed by atoms with Gasteiger partial charge in [-0.3, -0.25) is 4.79 Å². The van der Waals surface area contributed by atoms with E-state index >= 15 is 0 Å². The predicted molar refractivity (Wildman–Crippen MR) is 73.9 cm³/mol. The number of hydrogen-bond acceptors (Lipinski definition) is 2. The van der Waals surface area contributed by atoms with E-state index in [2.05, 4.69) is 35.1 Å². The molecule has 0 aliphatic carbocycles. The average molecular weight is 325 g/mol. The standard InChI is InChI=1S/C11H15BrClNOS/c1-3-11(2,6-7-12)14-10(15)8-4-5-9(13)16-8/h4-5H,3,6-7H2,1-2H3,(H,14,15). The first-order valence-corrected chi connectivity index (χ1v) is 7.46. The molecule has 0 radical (unpaired) electrons. The molecule has 1 unspecified atom stereocenters. The van der Waals surface area contributed by atoms with Gasteiger partial charge in [-0.2, -0.15) is 0 Å². The number of carbonyl (C=O) groups excluding carboxylic acids is 1. The van der Waals surface area contributed by atoms with Crippen molar-refractivity contribution in [3.8, 4) is 0 Å². The van der Waals surface area contributed by atoms with Crippen LogP contribution in [0, 0.1) is 0 Å². The Morgan fingerprint density at radius 3 is 2.75 bits per heavy atom. The molecule has 1 amide bonds. The van der Waals surface area contributed by atoms with E-state index in [0.717, 1.165) is 18.2 Å². The highest BCUT2D eigenvalue weighted by Crippen LogP contribution is 2.23. The van der Waals surface area contributed by atoms with Gasteiger partial charge in [0.25, 0.3) is 5.91 Å². The molecule has 5 heteroatoms. The van der Waals surface area contributed by atoms with E-state index < -0.39 is 0 Å². The second-order valence-corrected chi connectivity index (χ2v) is 6.42. The molecule has 0 fully saturated rings. The molecule has 0 aliphatic heterocycles. The minimum absolute atomic E-state index is 0.0396. The number of halogens is 2. The molecule has 0 bridgehead atoms. The van der Waals surface area contributed by atoms with Crippen molar-refractivity contribution in [2.24, 2.45) is 0 Å². The summed E-state index contributed by atoms with van der Waals surface area (Å²) >= 11 is 10.5. The van der Waals surface area contributed by atoms with Gasteiger partial charge < -0.3 is 5.32 Å². The molecule has 90 valence electrons. The Balaban J connectivity index is 2.69. The molecule has 1 aromatic heterocycles. The number of thiophene rings is 1. The maximum Gasteiger partial charge on any atom is 0.261 e. The Bertz CT molecular complexity index is 369. The average Bonchev–Trinajstić information content (AvgIpc) is 2.65. The molecule has 2 nitrogen and oxygen atoms in total. The first kappa shape index (κ1) is 14.0. The van der Waals surface area contributed by atoms with Gasteiger partial charge >= 0.3 is 0 Å². The highest BCUT2D eigenvalue weighted by molar-refractivity contribution is 9.09. The number of carbonyl (C=O) groups is 1. The van der Waals surface area contributed by atoms with E-state index in [0.29, 0.717) is 9.21 Å². The molecule has 16 heavy (non-hydrogen) atoms. The van der Waals surface area contributed by atoms with Crippen molar-refractivity contribution in [1.82, 2.24) is 5.32 Å². The third-order valence-electron chi connectivity index (χ3n) is 2.64. The van der Waals surface area contributed by atoms with Crippen molar-refractivity contribution in [3.63, 3.8) is 0 Å². The zero-order valence-electron chi connectivity index (χ0n) is 9.35. The monoisotopic (exact) mass is 323 g/mol. The van der Waals surface area contributed by atoms with Gasteiger partial charge in [-0.05, 0) is 31.9 Å². The molecule has 1 N–H and O–H groups in total. The lowest BCUT2D eigenvalue weighted by Gasteiger charge is -2.28. The zero-order chi connectivity index (χ0) is 12.2. The van der Waals surface area contributed by atoms with Gasteiger partial charge in [0.1, 0.15) is 0 Å². The van der Waals surface area contributed by atoms with Gasteiger partial charge in [0.05, 0.1) is 9.21 Å². The fourth-order valence-electron chi connectivity index (χ4n) is 1.31. The number of hydrogen-bond donors (Lipinski definition) is 1. The van der Waals surface area contributed by atoms with Crippen LogP contribution in [0.3, 0.4) is 0 Å². The van der Waals surface area contributed by atoms with Gasteiger partial charge in [0.2, 0.25) is 0 Å². The van der Waals surface area contributed by atoms with Gasteiger partial charge in [-0.25, -0.2) is 0 Å². The van der Waals surface area contributed by atoms with Gasteiger partial charge in [-0.15, -0.1) is 11.3 Å². The van der Waals surface area contributed by atoms with Crippen LogP contribution in [0.15, 0.2) is 12.1 Å². The number of rotatable bonds is 5. The third-order valence-corrected chi connectivity index (χ3v) is 4.27. The number of amides is 1. The summed E-state index contributed by atoms with van der Waals surface area (Å²) in [4.78, 5) is 12.6. The van der Waals surface area contributed by atoms with Crippen LogP contribution in [0.4, 0.5) is 0 Å². The Labute approximate surface area is 114 Å². The first-order valence-electron chi connectivity index (χ1n) is 5.14. The summed E-state index contributed by atoms with van der Waals surface area (Å²) in [6.45, 7) is 4.13. The minimum Gasteiger partial charge on any atom is -0.346 e. The molecule has 0 saturated heterocycles. The molecule has 0 saturated carbocycles. The quantitative estimate of drug-likeness (QED) is 0.812. The van der Waals surface area contributed by atoms with Crippen molar-refractivity contribution >= 4 is 44.8 Å². The van der Waals surface area contributed by atoms with E-state index in [1.807, 2.05) is 0 Å². The van der Waals surface area contributed by atoms with Crippen LogP contribution in [0.25, 0.3) is 0 Å². The number of alkyl halides is 1. The molecule has 1 aromatic rings. The maximum absolute atomic E-state index is 11.9. The van der Waals surface area contributed by atoms with Crippen LogP contribution in [0.5, 0.6) is 0 Å². The molecular formula is C11H15BrClNOS. The largest absolute Gasteiger partial charge is 0.346 e. The van der Waals surface area contributed by atoms with Crippen molar-refractivity contribution in [2.75, 3.05) is 5.33 Å². The summed E-state index contributed by atoms with van der Waals surface area (Å²) in [5.41, 5.74) is -0.156. The van der Waals surface area contributed by atoms with Gasteiger partial charge in [0.15, 0.2) is 0 Å². The lowest BCUT2D eigenvalue weighted by molar-refractivity contribution is 0.0906. The SMILES string of the molecule is CCC(C)(CCBr)NC(=O)c1ccc(Cl)s1. The van der Waals surface area contributed by atoms with E-state index in [-0.39, 0.29) is 11.4 Å². The van der Waals surface area contributed by atoms with E-state index in [1.165, 1.54) is 11.3 Å². The lowest BCUT2D eigenvalue weighted by atomic mass is 9.95. The fraction of sp³-hybridized carbons (Fsp3) is 0.545. The topological polar surface area (TPSA) is 29.1 Å². The highest BCUT2D eigenvalue weighted by Gasteiger charge is 2.24. The highest BCUT2D eigenvalue weighted by atomic mass is 79.9. The normalized spacial score (nSPS) is 14.5. The van der Waals surface area contributed by atoms with Crippen LogP contribution in [0.1, 0.15) is 36.4 Å². The summed E-state index contributed by atoms with van der Waals surface area (Å²) in [6, 6.07) is 3.50. The minimum atomic E-state index is -0.156. The number of nitrogens with one attached hydrogen (secondary N) is 1. The molecule has 0 aliphatic rings. The Kier molecular flexibility index (Phi) is 5.28. The van der Waals surface area contributed by atoms with Crippen LogP contribution < -0.4 is 5.32 Å². The van der Waals surface area contributed by atoms with Crippen molar-refractivity contribution in [1.29, 1.82) is 0 Å². The summed E-state index contributed by atoms with van der Waals surface area (Å²) in [5, 5.41) is 3.93. The molecule has 1 heterocycles. The summed E-state index contributed by atoms with van der Waals surface area (Å²) in [6.07, 6.45) is 1.82. The summed E-state index contributed by atoms with van der Waals surface area (Å²) in [5.74, 6) is -0.0396. The second-order valence-electron chi connectivity index (χ2n) is 3.91. The van der Waals surface area contributed by atoms with Gasteiger partial charge in [-0.1, -0.05) is 34.5 Å². The lowest BCUT2D eigenvalue weighted by Crippen LogP contribution is -2.45. The van der Waals surface area contributed by atoms with Crippen molar-refractivity contribution in [2.45, 2.75) is 32.2 Å². The smallest absolute Gasteiger partial charge is 0.261 e. The molecule has 1 rings (SSSR count). The Morgan fingerprint density at radius 1 is 1.62 bits per heavy atom. The molecule has 1 atom stereocenters. The van der Waals surface area contributed by atoms with Crippen LogP contribution in [-0.4, -0.2) is 16.8 Å². The second kappa shape index (κ2) is 6.03. The van der Waals surface area contributed by atoms with Crippen molar-refractivity contribution < 1.29 is 4.79 Å². The van der Waals surface area contributed by atoms with Gasteiger partial charge in [0, 0.05) is 10.9 Å². The van der Waals surface area contributed by atoms with E-state index in [4.69, 9.17) is 11.6 Å². The zero-order valence-corrected chi connectivity index (χ0v) is 12.5. The van der Waals surface area contributed by atoms with Crippen LogP contribution in [-0.2, 0) is 0 Å². The van der Waals surface area contributed by atoms with Crippen molar-refractivity contribution in [3.05, 3.63) is 21.3 Å². The molecule has 0 aromatic carbocycles. The third kappa shape index (κ3) is 3.75. The summed E-state index contributed by atoms with van der Waals surface area (Å²) in [7, 11) is 0. The van der Waals surface area contributed by atoms with E-state index in [1.54, 1.807) is 12.1 Å². The Hall–Kier alpha value is -0.0600. The maximum atomic E-state index is 11.9. The Morgan fingerprint density at radius 2 is 2.31 bits per heavy atom. The van der Waals surface area contributed by atoms with Crippen LogP contribution >= 0.6 is 38.9 Å². The fourth-order valence-corrected chi connectivity index (χ4v) is 3.12.